The summed E-state index contributed by atoms with van der Waals surface area (Å²) in [5, 5.41) is 3.41. The van der Waals surface area contributed by atoms with Gasteiger partial charge in [0.2, 0.25) is 5.91 Å². The molecule has 1 unspecified atom stereocenters. The number of nitrogens with zero attached hydrogens (tertiary/aromatic N) is 1. The van der Waals surface area contributed by atoms with Gasteiger partial charge in [0.25, 0.3) is 0 Å². The number of hydrogen-bond donors (Lipinski definition) is 1. The third kappa shape index (κ3) is 4.00. The summed E-state index contributed by atoms with van der Waals surface area (Å²) >= 11 is 1.94. The van der Waals surface area contributed by atoms with Crippen LogP contribution in [0.15, 0.2) is 11.6 Å². The molecule has 2 aliphatic heterocycles. The summed E-state index contributed by atoms with van der Waals surface area (Å²) in [7, 11) is 1.71. The molecule has 2 aliphatic rings. The second-order valence-corrected chi connectivity index (χ2v) is 5.97. The van der Waals surface area contributed by atoms with Crippen molar-refractivity contribution in [2.24, 2.45) is 0 Å². The molecule has 5 heteroatoms. The van der Waals surface area contributed by atoms with E-state index >= 15 is 0 Å². The van der Waals surface area contributed by atoms with Crippen LogP contribution in [0.1, 0.15) is 12.8 Å². The van der Waals surface area contributed by atoms with Gasteiger partial charge in [0, 0.05) is 50.7 Å². The first-order valence-corrected chi connectivity index (χ1v) is 7.71. The molecule has 0 bridgehead atoms. The Labute approximate surface area is 113 Å². The monoisotopic (exact) mass is 270 g/mol. The summed E-state index contributed by atoms with van der Waals surface area (Å²) in [6, 6.07) is 0.362. The summed E-state index contributed by atoms with van der Waals surface area (Å²) in [4.78, 5) is 14.1. The van der Waals surface area contributed by atoms with Gasteiger partial charge in [-0.3, -0.25) is 4.79 Å². The van der Waals surface area contributed by atoms with Crippen LogP contribution >= 0.6 is 11.8 Å². The van der Waals surface area contributed by atoms with Crippen molar-refractivity contribution in [1.29, 1.82) is 0 Å². The minimum atomic E-state index is 0.280. The molecule has 1 atom stereocenters. The van der Waals surface area contributed by atoms with Gasteiger partial charge >= 0.3 is 0 Å². The third-order valence-corrected chi connectivity index (χ3v) is 4.54. The Hall–Kier alpha value is -0.520. The molecule has 18 heavy (non-hydrogen) atoms. The van der Waals surface area contributed by atoms with E-state index in [0.717, 1.165) is 37.6 Å². The molecule has 0 saturated carbocycles. The molecule has 1 amide bonds. The average molecular weight is 270 g/mol. The van der Waals surface area contributed by atoms with Gasteiger partial charge in [0.05, 0.1) is 6.61 Å². The van der Waals surface area contributed by atoms with E-state index in [1.807, 2.05) is 16.7 Å². The lowest BCUT2D eigenvalue weighted by molar-refractivity contribution is -0.131. The first-order valence-electron chi connectivity index (χ1n) is 6.55. The van der Waals surface area contributed by atoms with Crippen molar-refractivity contribution in [3.8, 4) is 0 Å². The van der Waals surface area contributed by atoms with Crippen LogP contribution in [-0.2, 0) is 9.53 Å². The van der Waals surface area contributed by atoms with E-state index in [1.165, 1.54) is 5.57 Å². The largest absolute Gasteiger partial charge is 0.380 e. The number of carbonyl (C=O) groups excluding carboxylic acids is 1. The van der Waals surface area contributed by atoms with E-state index in [0.29, 0.717) is 19.1 Å². The number of ether oxygens (including phenoxy) is 1. The van der Waals surface area contributed by atoms with Crippen LogP contribution in [-0.4, -0.2) is 61.7 Å². The highest BCUT2D eigenvalue weighted by molar-refractivity contribution is 7.99. The SMILES string of the molecule is COCC1=CCN(C(=O)CC2CSCCN2)CC1. The number of thioether (sulfide) groups is 1. The van der Waals surface area contributed by atoms with Crippen molar-refractivity contribution in [3.05, 3.63) is 11.6 Å². The number of amides is 1. The molecule has 2 heterocycles. The molecule has 1 N–H and O–H groups in total. The first-order chi connectivity index (χ1) is 8.79. The molecule has 0 spiro atoms. The van der Waals surface area contributed by atoms with Gasteiger partial charge in [-0.25, -0.2) is 0 Å². The number of methoxy groups -OCH3 is 1. The zero-order chi connectivity index (χ0) is 12.8. The normalized spacial score (nSPS) is 24.8. The van der Waals surface area contributed by atoms with Crippen LogP contribution in [0.25, 0.3) is 0 Å². The van der Waals surface area contributed by atoms with Crippen molar-refractivity contribution in [2.75, 3.05) is 44.9 Å². The third-order valence-electron chi connectivity index (χ3n) is 3.41. The lowest BCUT2D eigenvalue weighted by Crippen LogP contribution is -2.43. The van der Waals surface area contributed by atoms with Crippen LogP contribution < -0.4 is 5.32 Å². The molecule has 0 aromatic rings. The smallest absolute Gasteiger partial charge is 0.224 e. The van der Waals surface area contributed by atoms with Gasteiger partial charge in [-0.1, -0.05) is 6.08 Å². The van der Waals surface area contributed by atoms with E-state index in [-0.39, 0.29) is 5.91 Å². The zero-order valence-corrected chi connectivity index (χ0v) is 11.8. The molecule has 102 valence electrons. The first kappa shape index (κ1) is 13.9. The predicted molar refractivity (Wildman–Crippen MR) is 74.9 cm³/mol. The fourth-order valence-electron chi connectivity index (χ4n) is 2.34. The Kier molecular flexibility index (Phi) is 5.53. The van der Waals surface area contributed by atoms with Crippen LogP contribution in [0.5, 0.6) is 0 Å². The maximum atomic E-state index is 12.1. The molecular weight excluding hydrogens is 248 g/mol. The highest BCUT2D eigenvalue weighted by atomic mass is 32.2. The molecular formula is C13H22N2O2S. The number of carbonyl (C=O) groups is 1. The number of rotatable bonds is 4. The molecule has 0 aliphatic carbocycles. The fraction of sp³-hybridized carbons (Fsp3) is 0.769. The van der Waals surface area contributed by atoms with Crippen LogP contribution in [0.2, 0.25) is 0 Å². The average Bonchev–Trinajstić information content (AvgIpc) is 2.41. The Morgan fingerprint density at radius 1 is 1.67 bits per heavy atom. The highest BCUT2D eigenvalue weighted by Gasteiger charge is 2.22. The summed E-state index contributed by atoms with van der Waals surface area (Å²) in [5.74, 6) is 2.50. The second-order valence-electron chi connectivity index (χ2n) is 4.82. The van der Waals surface area contributed by atoms with Crippen molar-refractivity contribution in [2.45, 2.75) is 18.9 Å². The molecule has 4 nitrogen and oxygen atoms in total. The molecule has 0 aromatic heterocycles. The van der Waals surface area contributed by atoms with Crippen molar-refractivity contribution in [1.82, 2.24) is 10.2 Å². The van der Waals surface area contributed by atoms with E-state index < -0.39 is 0 Å². The van der Waals surface area contributed by atoms with E-state index in [4.69, 9.17) is 4.74 Å². The van der Waals surface area contributed by atoms with Crippen molar-refractivity contribution < 1.29 is 9.53 Å². The van der Waals surface area contributed by atoms with Crippen molar-refractivity contribution >= 4 is 17.7 Å². The fourth-order valence-corrected chi connectivity index (χ4v) is 3.29. The Morgan fingerprint density at radius 2 is 2.56 bits per heavy atom. The lowest BCUT2D eigenvalue weighted by atomic mass is 10.1. The Bertz CT molecular complexity index is 314. The standard InChI is InChI=1S/C13H22N2O2S/c1-17-9-11-2-5-15(6-3-11)13(16)8-12-10-18-7-4-14-12/h2,12,14H,3-10H2,1H3. The molecule has 0 radical (unpaired) electrons. The minimum absolute atomic E-state index is 0.280. The summed E-state index contributed by atoms with van der Waals surface area (Å²) in [6.07, 6.45) is 3.72. The number of hydrogen-bond acceptors (Lipinski definition) is 4. The maximum Gasteiger partial charge on any atom is 0.224 e. The zero-order valence-electron chi connectivity index (χ0n) is 11.0. The topological polar surface area (TPSA) is 41.6 Å². The summed E-state index contributed by atoms with van der Waals surface area (Å²) in [6.45, 7) is 3.31. The Balaban J connectivity index is 1.76. The van der Waals surface area contributed by atoms with Crippen molar-refractivity contribution in [3.63, 3.8) is 0 Å². The minimum Gasteiger partial charge on any atom is -0.380 e. The van der Waals surface area contributed by atoms with Gasteiger partial charge in [0.1, 0.15) is 0 Å². The van der Waals surface area contributed by atoms with Gasteiger partial charge in [-0.2, -0.15) is 11.8 Å². The van der Waals surface area contributed by atoms with Gasteiger partial charge < -0.3 is 15.0 Å². The lowest BCUT2D eigenvalue weighted by Gasteiger charge is -2.29. The van der Waals surface area contributed by atoms with E-state index in [1.54, 1.807) is 7.11 Å². The summed E-state index contributed by atoms with van der Waals surface area (Å²) in [5.41, 5.74) is 1.31. The van der Waals surface area contributed by atoms with Crippen LogP contribution in [0.3, 0.4) is 0 Å². The molecule has 1 saturated heterocycles. The molecule has 1 fully saturated rings. The van der Waals surface area contributed by atoms with E-state index in [9.17, 15) is 4.79 Å². The van der Waals surface area contributed by atoms with Gasteiger partial charge in [-0.15, -0.1) is 0 Å². The number of nitrogens with one attached hydrogen (secondary N) is 1. The maximum absolute atomic E-state index is 12.1. The molecule has 0 aromatic carbocycles. The van der Waals surface area contributed by atoms with Gasteiger partial charge in [0.15, 0.2) is 0 Å². The molecule has 2 rings (SSSR count). The van der Waals surface area contributed by atoms with Crippen LogP contribution in [0, 0.1) is 0 Å². The summed E-state index contributed by atoms with van der Waals surface area (Å²) < 4.78 is 5.11. The predicted octanol–water partition coefficient (Wildman–Crippen LogP) is 0.887. The highest BCUT2D eigenvalue weighted by Crippen LogP contribution is 2.15. The second kappa shape index (κ2) is 7.16. The Morgan fingerprint density at radius 3 is 3.17 bits per heavy atom. The van der Waals surface area contributed by atoms with Gasteiger partial charge in [-0.05, 0) is 12.0 Å². The quantitative estimate of drug-likeness (QED) is 0.770. The van der Waals surface area contributed by atoms with Crippen LogP contribution in [0.4, 0.5) is 0 Å². The van der Waals surface area contributed by atoms with E-state index in [2.05, 4.69) is 11.4 Å².